The summed E-state index contributed by atoms with van der Waals surface area (Å²) in [6.45, 7) is 2.84. The van der Waals surface area contributed by atoms with Crippen molar-refractivity contribution in [1.82, 2.24) is 4.90 Å². The van der Waals surface area contributed by atoms with E-state index in [0.717, 1.165) is 19.3 Å². The van der Waals surface area contributed by atoms with Gasteiger partial charge < -0.3 is 15.3 Å². The van der Waals surface area contributed by atoms with Gasteiger partial charge in [0.05, 0.1) is 12.2 Å². The topological polar surface area (TPSA) is 81.0 Å². The molecule has 0 aromatic carbocycles. The second kappa shape index (κ2) is 7.71. The lowest BCUT2D eigenvalue weighted by atomic mass is 10.1. The van der Waals surface area contributed by atoms with Crippen LogP contribution in [0.15, 0.2) is 0 Å². The van der Waals surface area contributed by atoms with Gasteiger partial charge in [-0.05, 0) is 6.42 Å². The van der Waals surface area contributed by atoms with E-state index in [1.807, 2.05) is 0 Å². The number of nitrogens with zero attached hydrogens (tertiary/aromatic N) is 1. The van der Waals surface area contributed by atoms with Gasteiger partial charge in [-0.25, -0.2) is 0 Å². The fraction of sp³-hybridized carbons (Fsp3) is 0.923. The molecule has 0 aromatic rings. The first-order valence-electron chi connectivity index (χ1n) is 6.87. The zero-order valence-electron chi connectivity index (χ0n) is 11.1. The Balaban J connectivity index is 2.29. The smallest absolute Gasteiger partial charge is 0.321 e. The third-order valence-corrected chi connectivity index (χ3v) is 3.50. The molecule has 3 N–H and O–H groups in total. The Bertz CT molecular complexity index is 259. The summed E-state index contributed by atoms with van der Waals surface area (Å²) in [5.74, 6) is -0.912. The average molecular weight is 259 g/mol. The Labute approximate surface area is 108 Å². The Morgan fingerprint density at radius 3 is 2.72 bits per heavy atom. The van der Waals surface area contributed by atoms with Gasteiger partial charge in [-0.3, -0.25) is 9.69 Å². The van der Waals surface area contributed by atoms with Crippen molar-refractivity contribution in [3.8, 4) is 0 Å². The highest BCUT2D eigenvalue weighted by Crippen LogP contribution is 2.19. The van der Waals surface area contributed by atoms with Crippen molar-refractivity contribution in [2.45, 2.75) is 63.7 Å². The van der Waals surface area contributed by atoms with Crippen molar-refractivity contribution in [3.05, 3.63) is 0 Å². The van der Waals surface area contributed by atoms with E-state index in [9.17, 15) is 15.0 Å². The molecule has 106 valence electrons. The minimum absolute atomic E-state index is 0.262. The zero-order chi connectivity index (χ0) is 13.5. The third-order valence-electron chi connectivity index (χ3n) is 3.50. The van der Waals surface area contributed by atoms with Crippen LogP contribution < -0.4 is 0 Å². The van der Waals surface area contributed by atoms with Crippen molar-refractivity contribution in [2.75, 3.05) is 13.1 Å². The van der Waals surface area contributed by atoms with Crippen LogP contribution in [-0.2, 0) is 4.79 Å². The van der Waals surface area contributed by atoms with Gasteiger partial charge in [0.25, 0.3) is 0 Å². The first-order chi connectivity index (χ1) is 8.54. The minimum Gasteiger partial charge on any atom is -0.480 e. The van der Waals surface area contributed by atoms with Gasteiger partial charge in [0, 0.05) is 19.5 Å². The van der Waals surface area contributed by atoms with Crippen LogP contribution in [0, 0.1) is 0 Å². The number of aliphatic hydroxyl groups excluding tert-OH is 2. The van der Waals surface area contributed by atoms with E-state index in [2.05, 4.69) is 6.92 Å². The number of aliphatic carboxylic acids is 1. The van der Waals surface area contributed by atoms with Gasteiger partial charge in [0.1, 0.15) is 6.04 Å². The number of carboxylic acid groups (broad SMARTS) is 1. The highest BCUT2D eigenvalue weighted by Gasteiger charge is 2.36. The van der Waals surface area contributed by atoms with Crippen LogP contribution in [0.3, 0.4) is 0 Å². The van der Waals surface area contributed by atoms with Crippen LogP contribution >= 0.6 is 0 Å². The molecule has 3 atom stereocenters. The zero-order valence-corrected chi connectivity index (χ0v) is 11.1. The lowest BCUT2D eigenvalue weighted by molar-refractivity contribution is -0.142. The second-order valence-corrected chi connectivity index (χ2v) is 5.20. The van der Waals surface area contributed by atoms with Crippen molar-refractivity contribution in [2.24, 2.45) is 0 Å². The van der Waals surface area contributed by atoms with Crippen LogP contribution in [0.5, 0.6) is 0 Å². The maximum Gasteiger partial charge on any atom is 0.321 e. The second-order valence-electron chi connectivity index (χ2n) is 5.20. The number of likely N-dealkylation sites (tertiary alicyclic amines) is 1. The molecule has 1 rings (SSSR count). The Hall–Kier alpha value is -0.650. The third kappa shape index (κ3) is 4.92. The predicted molar refractivity (Wildman–Crippen MR) is 68.4 cm³/mol. The lowest BCUT2D eigenvalue weighted by Gasteiger charge is -2.23. The van der Waals surface area contributed by atoms with E-state index >= 15 is 0 Å². The highest BCUT2D eigenvalue weighted by atomic mass is 16.4. The maximum atomic E-state index is 11.0. The molecule has 1 heterocycles. The molecule has 0 aliphatic carbocycles. The predicted octanol–water partition coefficient (Wildman–Crippen LogP) is 0.837. The van der Waals surface area contributed by atoms with E-state index in [1.165, 1.54) is 6.42 Å². The summed E-state index contributed by atoms with van der Waals surface area (Å²) < 4.78 is 0. The van der Waals surface area contributed by atoms with Gasteiger partial charge in [-0.2, -0.15) is 0 Å². The highest BCUT2D eigenvalue weighted by molar-refractivity contribution is 5.74. The molecule has 0 radical (unpaired) electrons. The molecule has 2 unspecified atom stereocenters. The molecule has 5 nitrogen and oxygen atoms in total. The Kier molecular flexibility index (Phi) is 6.60. The van der Waals surface area contributed by atoms with Crippen LogP contribution in [0.1, 0.15) is 45.4 Å². The van der Waals surface area contributed by atoms with Crippen molar-refractivity contribution >= 4 is 5.97 Å². The van der Waals surface area contributed by atoms with Crippen LogP contribution in [0.2, 0.25) is 0 Å². The number of carboxylic acids is 1. The number of hydrogen-bond acceptors (Lipinski definition) is 4. The van der Waals surface area contributed by atoms with Gasteiger partial charge in [0.2, 0.25) is 0 Å². The first kappa shape index (κ1) is 15.4. The fourth-order valence-corrected chi connectivity index (χ4v) is 2.51. The number of unbranched alkanes of at least 4 members (excludes halogenated alkanes) is 3. The average Bonchev–Trinajstić information content (AvgIpc) is 2.66. The minimum atomic E-state index is -0.912. The molecular weight excluding hydrogens is 234 g/mol. The number of carbonyl (C=O) groups is 1. The van der Waals surface area contributed by atoms with Crippen LogP contribution in [0.4, 0.5) is 0 Å². The summed E-state index contributed by atoms with van der Waals surface area (Å²) in [6, 6.07) is -0.648. The van der Waals surface area contributed by atoms with Gasteiger partial charge in [-0.1, -0.05) is 32.6 Å². The first-order valence-corrected chi connectivity index (χ1v) is 6.87. The van der Waals surface area contributed by atoms with E-state index in [0.29, 0.717) is 19.5 Å². The van der Waals surface area contributed by atoms with E-state index < -0.39 is 24.2 Å². The van der Waals surface area contributed by atoms with Crippen LogP contribution in [-0.4, -0.2) is 57.5 Å². The van der Waals surface area contributed by atoms with Crippen molar-refractivity contribution < 1.29 is 20.1 Å². The standard InChI is InChI=1S/C13H25NO4/c1-2-3-4-5-6-10(15)8-14-9-11(16)7-12(14)13(17)18/h10-12,15-16H,2-9H2,1H3,(H,17,18)/t10?,11?,12-/m0/s1. The number of hydrogen-bond donors (Lipinski definition) is 3. The molecule has 1 aliphatic heterocycles. The summed E-state index contributed by atoms with van der Waals surface area (Å²) in [7, 11) is 0. The molecule has 1 saturated heterocycles. The summed E-state index contributed by atoms with van der Waals surface area (Å²) in [4.78, 5) is 12.7. The molecule has 0 saturated carbocycles. The molecule has 0 aromatic heterocycles. The summed E-state index contributed by atoms with van der Waals surface area (Å²) in [5.41, 5.74) is 0. The van der Waals surface area contributed by atoms with Crippen molar-refractivity contribution in [3.63, 3.8) is 0 Å². The Morgan fingerprint density at radius 2 is 2.11 bits per heavy atom. The van der Waals surface area contributed by atoms with E-state index in [1.54, 1.807) is 4.90 Å². The van der Waals surface area contributed by atoms with Gasteiger partial charge >= 0.3 is 5.97 Å². The quantitative estimate of drug-likeness (QED) is 0.563. The molecule has 0 spiro atoms. The fourth-order valence-electron chi connectivity index (χ4n) is 2.51. The van der Waals surface area contributed by atoms with E-state index in [4.69, 9.17) is 5.11 Å². The molecule has 18 heavy (non-hydrogen) atoms. The molecule has 0 bridgehead atoms. The molecule has 0 amide bonds. The maximum absolute atomic E-state index is 11.0. The largest absolute Gasteiger partial charge is 0.480 e. The number of β-amino-alcohol motifs (C(OH)–C–C–N with tert-alkyl or cyclic N) is 2. The normalized spacial score (nSPS) is 26.4. The number of aliphatic hydroxyl groups is 2. The summed E-state index contributed by atoms with van der Waals surface area (Å²) in [6.07, 6.45) is 4.31. The molecule has 1 aliphatic rings. The summed E-state index contributed by atoms with van der Waals surface area (Å²) >= 11 is 0. The Morgan fingerprint density at radius 1 is 1.39 bits per heavy atom. The van der Waals surface area contributed by atoms with Gasteiger partial charge in [-0.15, -0.1) is 0 Å². The lowest BCUT2D eigenvalue weighted by Crippen LogP contribution is -2.40. The number of rotatable bonds is 8. The monoisotopic (exact) mass is 259 g/mol. The molecule has 1 fully saturated rings. The summed E-state index contributed by atoms with van der Waals surface area (Å²) in [5, 5.41) is 28.4. The van der Waals surface area contributed by atoms with E-state index in [-0.39, 0.29) is 6.42 Å². The van der Waals surface area contributed by atoms with Gasteiger partial charge in [0.15, 0.2) is 0 Å². The molecular formula is C13H25NO4. The van der Waals surface area contributed by atoms with Crippen LogP contribution in [0.25, 0.3) is 0 Å². The van der Waals surface area contributed by atoms with Crippen molar-refractivity contribution in [1.29, 1.82) is 0 Å². The molecule has 5 heteroatoms. The SMILES string of the molecule is CCCCCCC(O)CN1CC(O)C[C@H]1C(=O)O.